The van der Waals surface area contributed by atoms with Crippen molar-refractivity contribution in [1.82, 2.24) is 0 Å². The topological polar surface area (TPSA) is 60.2 Å². The molecule has 1 aromatic carbocycles. The van der Waals surface area contributed by atoms with E-state index in [1.807, 2.05) is 12.1 Å². The van der Waals surface area contributed by atoms with Crippen molar-refractivity contribution in [3.63, 3.8) is 0 Å². The molecule has 2 radical (unpaired) electrons. The van der Waals surface area contributed by atoms with E-state index in [0.717, 1.165) is 36.8 Å². The summed E-state index contributed by atoms with van der Waals surface area (Å²) >= 11 is 0. The van der Waals surface area contributed by atoms with E-state index >= 15 is 0 Å². The SMILES string of the molecule is [B]c1ccc2c(c1)C(=O)CC(CCC(CCC(C)=O)C(=C)N)C2. The molecule has 0 aromatic heterocycles. The van der Waals surface area contributed by atoms with E-state index in [1.54, 1.807) is 13.0 Å². The summed E-state index contributed by atoms with van der Waals surface area (Å²) < 4.78 is 0. The Bertz CT molecular complexity index is 624. The zero-order valence-corrected chi connectivity index (χ0v) is 13.8. The zero-order valence-electron chi connectivity index (χ0n) is 13.8. The van der Waals surface area contributed by atoms with Crippen molar-refractivity contribution >= 4 is 24.9 Å². The Labute approximate surface area is 139 Å². The molecule has 1 aromatic rings. The Morgan fingerprint density at radius 3 is 2.78 bits per heavy atom. The molecule has 2 unspecified atom stereocenters. The lowest BCUT2D eigenvalue weighted by molar-refractivity contribution is -0.117. The number of benzene rings is 1. The standard InChI is InChI=1S/C19H24BNO2/c1-12(22)3-5-15(13(2)21)6-4-14-9-16-7-8-17(20)11-18(16)19(23)10-14/h7-8,11,14-15H,2-6,9-10,21H2,1H3. The van der Waals surface area contributed by atoms with Crippen LogP contribution in [0.2, 0.25) is 0 Å². The molecule has 2 N–H and O–H groups in total. The number of rotatable bonds is 7. The molecular weight excluding hydrogens is 285 g/mol. The van der Waals surface area contributed by atoms with Gasteiger partial charge in [-0.05, 0) is 50.0 Å². The number of fused-ring (bicyclic) bond motifs is 1. The van der Waals surface area contributed by atoms with Gasteiger partial charge in [0.2, 0.25) is 0 Å². The van der Waals surface area contributed by atoms with Crippen LogP contribution in [0, 0.1) is 11.8 Å². The molecule has 0 saturated heterocycles. The van der Waals surface area contributed by atoms with E-state index in [4.69, 9.17) is 13.6 Å². The lowest BCUT2D eigenvalue weighted by Crippen LogP contribution is -2.23. The van der Waals surface area contributed by atoms with E-state index in [0.29, 0.717) is 29.9 Å². The van der Waals surface area contributed by atoms with Crippen LogP contribution in [0.1, 0.15) is 54.9 Å². The van der Waals surface area contributed by atoms with Gasteiger partial charge in [-0.25, -0.2) is 0 Å². The molecule has 2 rings (SSSR count). The number of carbonyl (C=O) groups is 2. The molecular formula is C19H24BNO2. The van der Waals surface area contributed by atoms with Gasteiger partial charge in [-0.15, -0.1) is 0 Å². The van der Waals surface area contributed by atoms with Crippen molar-refractivity contribution < 1.29 is 9.59 Å². The molecule has 4 heteroatoms. The molecule has 0 heterocycles. The van der Waals surface area contributed by atoms with E-state index in [9.17, 15) is 9.59 Å². The molecule has 0 bridgehead atoms. The predicted octanol–water partition coefficient (Wildman–Crippen LogP) is 2.46. The van der Waals surface area contributed by atoms with Gasteiger partial charge in [0.1, 0.15) is 13.6 Å². The van der Waals surface area contributed by atoms with Crippen LogP contribution < -0.4 is 11.2 Å². The van der Waals surface area contributed by atoms with Crippen LogP contribution in [0.15, 0.2) is 30.5 Å². The Morgan fingerprint density at radius 2 is 2.13 bits per heavy atom. The van der Waals surface area contributed by atoms with Crippen molar-refractivity contribution in [2.24, 2.45) is 17.6 Å². The maximum atomic E-state index is 12.3. The first-order chi connectivity index (χ1) is 10.9. The Hall–Kier alpha value is -1.84. The maximum Gasteiger partial charge on any atom is 0.163 e. The third kappa shape index (κ3) is 4.82. The van der Waals surface area contributed by atoms with Gasteiger partial charge in [-0.3, -0.25) is 4.79 Å². The molecule has 0 amide bonds. The second-order valence-corrected chi connectivity index (χ2v) is 6.70. The number of hydrogen-bond donors (Lipinski definition) is 1. The van der Waals surface area contributed by atoms with E-state index in [2.05, 4.69) is 6.58 Å². The first-order valence-corrected chi connectivity index (χ1v) is 8.22. The number of allylic oxidation sites excluding steroid dienone is 1. The van der Waals surface area contributed by atoms with Crippen LogP contribution in [0.5, 0.6) is 0 Å². The smallest absolute Gasteiger partial charge is 0.163 e. The molecule has 2 atom stereocenters. The summed E-state index contributed by atoms with van der Waals surface area (Å²) in [6.45, 7) is 5.44. The molecule has 3 nitrogen and oxygen atoms in total. The second-order valence-electron chi connectivity index (χ2n) is 6.70. The molecule has 0 aliphatic heterocycles. The Kier molecular flexibility index (Phi) is 5.81. The molecule has 23 heavy (non-hydrogen) atoms. The fourth-order valence-corrected chi connectivity index (χ4v) is 3.32. The minimum absolute atomic E-state index is 0.154. The van der Waals surface area contributed by atoms with Gasteiger partial charge in [0.25, 0.3) is 0 Å². The highest BCUT2D eigenvalue weighted by Gasteiger charge is 2.25. The Balaban J connectivity index is 1.96. The van der Waals surface area contributed by atoms with Gasteiger partial charge in [0, 0.05) is 24.1 Å². The van der Waals surface area contributed by atoms with Gasteiger partial charge in [0.05, 0.1) is 0 Å². The van der Waals surface area contributed by atoms with Gasteiger partial charge in [-0.1, -0.05) is 30.2 Å². The highest BCUT2D eigenvalue weighted by molar-refractivity contribution is 6.32. The number of hydrogen-bond acceptors (Lipinski definition) is 3. The highest BCUT2D eigenvalue weighted by Crippen LogP contribution is 2.30. The summed E-state index contributed by atoms with van der Waals surface area (Å²) in [6, 6.07) is 5.60. The molecule has 1 aliphatic rings. The van der Waals surface area contributed by atoms with Crippen molar-refractivity contribution in [2.45, 2.75) is 45.4 Å². The van der Waals surface area contributed by atoms with Crippen LogP contribution in [0.25, 0.3) is 0 Å². The number of nitrogens with two attached hydrogens (primary N) is 1. The molecule has 0 saturated carbocycles. The first kappa shape index (κ1) is 17.5. The van der Waals surface area contributed by atoms with Gasteiger partial charge < -0.3 is 10.5 Å². The van der Waals surface area contributed by atoms with E-state index < -0.39 is 0 Å². The summed E-state index contributed by atoms with van der Waals surface area (Å²) in [5.74, 6) is 0.839. The summed E-state index contributed by atoms with van der Waals surface area (Å²) in [7, 11) is 5.76. The number of carbonyl (C=O) groups excluding carboxylic acids is 2. The van der Waals surface area contributed by atoms with Crippen LogP contribution in [0.3, 0.4) is 0 Å². The van der Waals surface area contributed by atoms with Crippen molar-refractivity contribution in [2.75, 3.05) is 0 Å². The van der Waals surface area contributed by atoms with Crippen molar-refractivity contribution in [3.8, 4) is 0 Å². The second kappa shape index (κ2) is 7.63. The summed E-state index contributed by atoms with van der Waals surface area (Å²) in [5.41, 5.74) is 9.02. The van der Waals surface area contributed by atoms with E-state index in [1.165, 1.54) is 0 Å². The summed E-state index contributed by atoms with van der Waals surface area (Å²) in [5, 5.41) is 0. The van der Waals surface area contributed by atoms with Gasteiger partial charge in [-0.2, -0.15) is 0 Å². The normalized spacial score (nSPS) is 18.3. The maximum absolute atomic E-state index is 12.3. The van der Waals surface area contributed by atoms with Crippen LogP contribution in [-0.4, -0.2) is 19.4 Å². The lowest BCUT2D eigenvalue weighted by atomic mass is 9.77. The average molecular weight is 309 g/mol. The fraction of sp³-hybridized carbons (Fsp3) is 0.474. The summed E-state index contributed by atoms with van der Waals surface area (Å²) in [6.07, 6.45) is 4.55. The van der Waals surface area contributed by atoms with Crippen LogP contribution >= 0.6 is 0 Å². The van der Waals surface area contributed by atoms with Crippen LogP contribution in [-0.2, 0) is 11.2 Å². The van der Waals surface area contributed by atoms with Crippen LogP contribution in [0.4, 0.5) is 0 Å². The third-order valence-electron chi connectivity index (χ3n) is 4.71. The Morgan fingerprint density at radius 1 is 1.39 bits per heavy atom. The quantitative estimate of drug-likeness (QED) is 0.787. The average Bonchev–Trinajstić information content (AvgIpc) is 2.47. The van der Waals surface area contributed by atoms with Crippen molar-refractivity contribution in [3.05, 3.63) is 41.6 Å². The molecule has 0 fully saturated rings. The predicted molar refractivity (Wildman–Crippen MR) is 93.9 cm³/mol. The van der Waals surface area contributed by atoms with Gasteiger partial charge in [0.15, 0.2) is 5.78 Å². The van der Waals surface area contributed by atoms with Crippen molar-refractivity contribution in [1.29, 1.82) is 0 Å². The van der Waals surface area contributed by atoms with E-state index in [-0.39, 0.29) is 17.5 Å². The fourth-order valence-electron chi connectivity index (χ4n) is 3.32. The minimum atomic E-state index is 0.154. The summed E-state index contributed by atoms with van der Waals surface area (Å²) in [4.78, 5) is 23.5. The van der Waals surface area contributed by atoms with Gasteiger partial charge >= 0.3 is 0 Å². The zero-order chi connectivity index (χ0) is 17.0. The first-order valence-electron chi connectivity index (χ1n) is 8.22. The number of ketones is 2. The molecule has 1 aliphatic carbocycles. The monoisotopic (exact) mass is 309 g/mol. The lowest BCUT2D eigenvalue weighted by Gasteiger charge is -2.26. The number of Topliss-reactive ketones (excluding diaryl/α,β-unsaturated/α-hetero) is 2. The molecule has 120 valence electrons. The highest BCUT2D eigenvalue weighted by atomic mass is 16.1. The molecule has 0 spiro atoms. The minimum Gasteiger partial charge on any atom is -0.402 e. The third-order valence-corrected chi connectivity index (χ3v) is 4.71. The largest absolute Gasteiger partial charge is 0.402 e.